The van der Waals surface area contributed by atoms with Gasteiger partial charge in [-0.15, -0.1) is 0 Å². The van der Waals surface area contributed by atoms with Crippen LogP contribution >= 0.6 is 0 Å². The molecule has 0 spiro atoms. The number of nitrogens with zero attached hydrogens (tertiary/aromatic N) is 4. The van der Waals surface area contributed by atoms with Crippen molar-refractivity contribution >= 4 is 11.6 Å². The van der Waals surface area contributed by atoms with Crippen LogP contribution in [0.5, 0.6) is 0 Å². The number of aryl methyl sites for hydroxylation is 2. The molecule has 1 saturated heterocycles. The largest absolute Gasteiger partial charge is 0.324 e. The molecule has 0 amide bonds. The summed E-state index contributed by atoms with van der Waals surface area (Å²) < 4.78 is 29.5. The number of anilines is 2. The molecule has 5 rings (SSSR count). The van der Waals surface area contributed by atoms with Gasteiger partial charge in [-0.3, -0.25) is 0 Å². The summed E-state index contributed by atoms with van der Waals surface area (Å²) in [6, 6.07) is 11.5. The molecule has 2 N–H and O–H groups in total. The molecular formula is C26H26F2N6. The van der Waals surface area contributed by atoms with E-state index in [-0.39, 0.29) is 17.7 Å². The summed E-state index contributed by atoms with van der Waals surface area (Å²) in [6.07, 6.45) is 5.45. The molecule has 0 aliphatic carbocycles. The third-order valence-electron chi connectivity index (χ3n) is 6.23. The Morgan fingerprint density at radius 1 is 0.941 bits per heavy atom. The summed E-state index contributed by atoms with van der Waals surface area (Å²) in [7, 11) is 0. The van der Waals surface area contributed by atoms with Gasteiger partial charge in [-0.1, -0.05) is 0 Å². The lowest BCUT2D eigenvalue weighted by Gasteiger charge is -2.27. The van der Waals surface area contributed by atoms with Crippen molar-refractivity contribution in [3.8, 4) is 22.8 Å². The van der Waals surface area contributed by atoms with Crippen LogP contribution in [0.4, 0.5) is 20.4 Å². The fourth-order valence-electron chi connectivity index (χ4n) is 4.58. The second-order valence-electron chi connectivity index (χ2n) is 8.63. The van der Waals surface area contributed by atoms with Crippen LogP contribution in [0.1, 0.15) is 30.0 Å². The number of benzene rings is 2. The number of hydrogen-bond acceptors (Lipinski definition) is 5. The number of aromatic nitrogens is 4. The molecule has 6 nitrogen and oxygen atoms in total. The molecule has 0 saturated carbocycles. The number of piperidine rings is 1. The van der Waals surface area contributed by atoms with E-state index in [1.807, 2.05) is 26.1 Å². The minimum Gasteiger partial charge on any atom is -0.324 e. The van der Waals surface area contributed by atoms with Crippen molar-refractivity contribution in [2.24, 2.45) is 0 Å². The average molecular weight is 461 g/mol. The smallest absolute Gasteiger partial charge is 0.227 e. The highest BCUT2D eigenvalue weighted by Crippen LogP contribution is 2.33. The molecular weight excluding hydrogens is 434 g/mol. The highest BCUT2D eigenvalue weighted by atomic mass is 19.1. The topological polar surface area (TPSA) is 67.7 Å². The van der Waals surface area contributed by atoms with E-state index in [1.54, 1.807) is 18.3 Å². The van der Waals surface area contributed by atoms with Gasteiger partial charge in [-0.25, -0.2) is 23.7 Å². The zero-order chi connectivity index (χ0) is 23.7. The van der Waals surface area contributed by atoms with Gasteiger partial charge in [0.25, 0.3) is 0 Å². The lowest BCUT2D eigenvalue weighted by atomic mass is 10.0. The van der Waals surface area contributed by atoms with Crippen LogP contribution in [-0.2, 0) is 0 Å². The highest BCUT2D eigenvalue weighted by molar-refractivity contribution is 5.67. The van der Waals surface area contributed by atoms with Gasteiger partial charge in [0.15, 0.2) is 0 Å². The Hall–Kier alpha value is -3.65. The minimum atomic E-state index is -0.276. The first-order chi connectivity index (χ1) is 16.5. The van der Waals surface area contributed by atoms with Gasteiger partial charge in [-0.2, -0.15) is 0 Å². The normalized spacial score (nSPS) is 14.4. The van der Waals surface area contributed by atoms with E-state index >= 15 is 0 Å². The zero-order valence-electron chi connectivity index (χ0n) is 19.1. The van der Waals surface area contributed by atoms with Crippen LogP contribution < -0.4 is 10.6 Å². The Morgan fingerprint density at radius 2 is 1.65 bits per heavy atom. The quantitative estimate of drug-likeness (QED) is 0.408. The molecule has 0 radical (unpaired) electrons. The van der Waals surface area contributed by atoms with Crippen LogP contribution in [0.25, 0.3) is 22.8 Å². The van der Waals surface area contributed by atoms with Crippen LogP contribution in [0, 0.1) is 25.5 Å². The fourth-order valence-corrected chi connectivity index (χ4v) is 4.58. The lowest BCUT2D eigenvalue weighted by Crippen LogP contribution is -2.30. The molecule has 8 heteroatoms. The van der Waals surface area contributed by atoms with Crippen molar-refractivity contribution in [2.45, 2.75) is 32.7 Å². The number of halogens is 2. The van der Waals surface area contributed by atoms with E-state index in [9.17, 15) is 8.78 Å². The van der Waals surface area contributed by atoms with E-state index in [1.165, 1.54) is 24.3 Å². The first-order valence-electron chi connectivity index (χ1n) is 11.4. The average Bonchev–Trinajstić information content (AvgIpc) is 3.28. The van der Waals surface area contributed by atoms with Gasteiger partial charge in [0.1, 0.15) is 17.5 Å². The maximum absolute atomic E-state index is 13.7. The van der Waals surface area contributed by atoms with Gasteiger partial charge in [0, 0.05) is 23.5 Å². The molecule has 2 aromatic heterocycles. The summed E-state index contributed by atoms with van der Waals surface area (Å²) in [5, 5.41) is 6.66. The summed E-state index contributed by atoms with van der Waals surface area (Å²) in [6.45, 7) is 5.54. The summed E-state index contributed by atoms with van der Waals surface area (Å²) in [5.41, 5.74) is 4.82. The van der Waals surface area contributed by atoms with Crippen molar-refractivity contribution in [3.05, 3.63) is 77.6 Å². The standard InChI is InChI=1S/C26H26F2N6/c1-16-13-20(28)14-17(2)24(16)33-26-30-12-9-22(32-26)23-15-31-25(18-3-5-19(27)6-4-18)34(23)21-7-10-29-11-8-21/h3-6,9,12-15,21,29H,7-8,10-11H2,1-2H3,(H,30,32,33). The van der Waals surface area contributed by atoms with Gasteiger partial charge >= 0.3 is 0 Å². The molecule has 174 valence electrons. The van der Waals surface area contributed by atoms with Crippen molar-refractivity contribution in [1.82, 2.24) is 24.8 Å². The number of imidazole rings is 1. The van der Waals surface area contributed by atoms with Crippen molar-refractivity contribution in [3.63, 3.8) is 0 Å². The molecule has 1 aliphatic heterocycles. The maximum atomic E-state index is 13.7. The predicted octanol–water partition coefficient (Wildman–Crippen LogP) is 5.57. The molecule has 1 fully saturated rings. The van der Waals surface area contributed by atoms with E-state index < -0.39 is 0 Å². The molecule has 34 heavy (non-hydrogen) atoms. The monoisotopic (exact) mass is 460 g/mol. The molecule has 0 atom stereocenters. The first kappa shape index (κ1) is 22.2. The third kappa shape index (κ3) is 4.41. The van der Waals surface area contributed by atoms with Crippen LogP contribution in [0.15, 0.2) is 54.9 Å². The van der Waals surface area contributed by atoms with Crippen LogP contribution in [-0.4, -0.2) is 32.6 Å². The third-order valence-corrected chi connectivity index (χ3v) is 6.23. The fraction of sp³-hybridized carbons (Fsp3) is 0.269. The van der Waals surface area contributed by atoms with Gasteiger partial charge in [0.2, 0.25) is 5.95 Å². The molecule has 2 aromatic carbocycles. The van der Waals surface area contributed by atoms with Crippen molar-refractivity contribution < 1.29 is 8.78 Å². The Kier molecular flexibility index (Phi) is 6.06. The molecule has 4 aromatic rings. The van der Waals surface area contributed by atoms with Crippen LogP contribution in [0.3, 0.4) is 0 Å². The molecule has 0 bridgehead atoms. The maximum Gasteiger partial charge on any atom is 0.227 e. The number of rotatable bonds is 5. The number of hydrogen-bond donors (Lipinski definition) is 2. The van der Waals surface area contributed by atoms with Gasteiger partial charge in [-0.05, 0) is 93.4 Å². The SMILES string of the molecule is Cc1cc(F)cc(C)c1Nc1nccc(-c2cnc(-c3ccc(F)cc3)n2C2CCNCC2)n1. The molecule has 3 heterocycles. The van der Waals surface area contributed by atoms with Crippen molar-refractivity contribution in [2.75, 3.05) is 18.4 Å². The Bertz CT molecular complexity index is 1290. The van der Waals surface area contributed by atoms with E-state index in [2.05, 4.69) is 20.2 Å². The second kappa shape index (κ2) is 9.30. The van der Waals surface area contributed by atoms with E-state index in [0.29, 0.717) is 5.95 Å². The van der Waals surface area contributed by atoms with Gasteiger partial charge in [0.05, 0.1) is 17.6 Å². The van der Waals surface area contributed by atoms with Gasteiger partial charge < -0.3 is 15.2 Å². The summed E-state index contributed by atoms with van der Waals surface area (Å²) in [5.74, 6) is 0.674. The first-order valence-corrected chi connectivity index (χ1v) is 11.4. The van der Waals surface area contributed by atoms with E-state index in [0.717, 1.165) is 65.5 Å². The predicted molar refractivity (Wildman–Crippen MR) is 129 cm³/mol. The summed E-state index contributed by atoms with van der Waals surface area (Å²) >= 11 is 0. The van der Waals surface area contributed by atoms with E-state index in [4.69, 9.17) is 9.97 Å². The Morgan fingerprint density at radius 3 is 2.35 bits per heavy atom. The van der Waals surface area contributed by atoms with Crippen LogP contribution in [0.2, 0.25) is 0 Å². The molecule has 0 unspecified atom stereocenters. The highest BCUT2D eigenvalue weighted by Gasteiger charge is 2.24. The Labute approximate surface area is 197 Å². The summed E-state index contributed by atoms with van der Waals surface area (Å²) in [4.78, 5) is 13.9. The van der Waals surface area contributed by atoms with Crippen molar-refractivity contribution in [1.29, 1.82) is 0 Å². The second-order valence-corrected chi connectivity index (χ2v) is 8.63. The molecule has 1 aliphatic rings. The minimum absolute atomic E-state index is 0.242. The zero-order valence-corrected chi connectivity index (χ0v) is 19.1. The lowest BCUT2D eigenvalue weighted by molar-refractivity contribution is 0.373. The number of nitrogens with one attached hydrogen (secondary N) is 2. The Balaban J connectivity index is 1.55.